The molecule has 2 N–H and O–H groups in total. The minimum absolute atomic E-state index is 0.00352. The summed E-state index contributed by atoms with van der Waals surface area (Å²) >= 11 is 12.7. The highest BCUT2D eigenvalue weighted by Crippen LogP contribution is 2.59. The van der Waals surface area contributed by atoms with Gasteiger partial charge < -0.3 is 20.1 Å². The van der Waals surface area contributed by atoms with Crippen molar-refractivity contribution in [2.75, 3.05) is 12.4 Å². The first-order valence-electron chi connectivity index (χ1n) is 12.5. The monoisotopic (exact) mass is 585 g/mol. The lowest BCUT2D eigenvalue weighted by Gasteiger charge is -2.47. The van der Waals surface area contributed by atoms with Crippen LogP contribution in [0.25, 0.3) is 0 Å². The third-order valence-corrected chi connectivity index (χ3v) is 7.99. The summed E-state index contributed by atoms with van der Waals surface area (Å²) in [5.41, 5.74) is -0.499. The fourth-order valence-corrected chi connectivity index (χ4v) is 6.09. The fraction of sp³-hybridized carbons (Fsp3) is 0.310. The number of piperidine rings is 1. The number of hydrogen-bond acceptors (Lipinski definition) is 6. The normalized spacial score (nSPS) is 22.0. The van der Waals surface area contributed by atoms with Crippen molar-refractivity contribution in [1.29, 1.82) is 0 Å². The molecule has 5 rings (SSSR count). The van der Waals surface area contributed by atoms with Crippen LogP contribution in [0.1, 0.15) is 54.5 Å². The van der Waals surface area contributed by atoms with Gasteiger partial charge in [0.25, 0.3) is 0 Å². The number of methoxy groups -OCH3 is 1. The molecule has 0 bridgehead atoms. The molecule has 0 aliphatic carbocycles. The van der Waals surface area contributed by atoms with Gasteiger partial charge in [-0.05, 0) is 67.8 Å². The van der Waals surface area contributed by atoms with Crippen LogP contribution in [0.2, 0.25) is 10.0 Å². The number of fused-ring (bicyclic) bond motifs is 2. The minimum Gasteiger partial charge on any atom is -0.466 e. The number of halogens is 3. The highest BCUT2D eigenvalue weighted by atomic mass is 35.5. The number of benzene rings is 2. The standard InChI is InChI=1S/C29H26Cl2FN3O5/c1-14-5-7-17(32)11-18(14)24-29(20-8-6-15(30)10-22(20)34-26(29)37)21(12-23(36)35-24)19-9-16(31)13-33-25(19)40-28(2,3)27(38)39-4/h5-11,13,21,24H,12H2,1-4H3,(H,34,37)(H,35,36)/t21-,24+,29-/m1/s1. The average molecular weight is 586 g/mol. The molecule has 0 radical (unpaired) electrons. The van der Waals surface area contributed by atoms with E-state index in [0.717, 1.165) is 0 Å². The maximum atomic E-state index is 14.6. The van der Waals surface area contributed by atoms with Gasteiger partial charge in [0.1, 0.15) is 11.2 Å². The molecule has 1 spiro atoms. The van der Waals surface area contributed by atoms with E-state index in [4.69, 9.17) is 32.7 Å². The van der Waals surface area contributed by atoms with Crippen LogP contribution in [-0.2, 0) is 24.5 Å². The molecule has 3 atom stereocenters. The zero-order valence-electron chi connectivity index (χ0n) is 22.1. The Morgan fingerprint density at radius 3 is 2.58 bits per heavy atom. The summed E-state index contributed by atoms with van der Waals surface area (Å²) in [6.07, 6.45) is 1.19. The van der Waals surface area contributed by atoms with E-state index in [1.54, 1.807) is 37.3 Å². The van der Waals surface area contributed by atoms with Crippen molar-refractivity contribution in [3.8, 4) is 5.88 Å². The summed E-state index contributed by atoms with van der Waals surface area (Å²) in [5, 5.41) is 6.51. The number of nitrogens with one attached hydrogen (secondary N) is 2. The van der Waals surface area contributed by atoms with Gasteiger partial charge in [0.2, 0.25) is 23.3 Å². The molecule has 3 aromatic rings. The molecule has 2 amide bonds. The zero-order valence-corrected chi connectivity index (χ0v) is 23.6. The second kappa shape index (κ2) is 10.1. The molecule has 11 heteroatoms. The predicted molar refractivity (Wildman–Crippen MR) is 147 cm³/mol. The van der Waals surface area contributed by atoms with Crippen molar-refractivity contribution in [1.82, 2.24) is 10.3 Å². The van der Waals surface area contributed by atoms with E-state index in [1.807, 2.05) is 0 Å². The van der Waals surface area contributed by atoms with E-state index in [9.17, 15) is 18.8 Å². The number of ether oxygens (including phenoxy) is 2. The van der Waals surface area contributed by atoms with E-state index in [1.165, 1.54) is 39.3 Å². The zero-order chi connectivity index (χ0) is 29.0. The van der Waals surface area contributed by atoms with Crippen molar-refractivity contribution in [2.45, 2.75) is 50.2 Å². The number of rotatable bonds is 5. The lowest BCUT2D eigenvalue weighted by atomic mass is 9.59. The molecule has 2 aromatic carbocycles. The van der Waals surface area contributed by atoms with Gasteiger partial charge in [-0.15, -0.1) is 0 Å². The number of aromatic nitrogens is 1. The Kier molecular flexibility index (Phi) is 7.00. The maximum Gasteiger partial charge on any atom is 0.349 e. The SMILES string of the molecule is COC(=O)C(C)(C)Oc1ncc(Cl)cc1[C@H]1CC(=O)N[C@@H](c2cc(F)ccc2C)[C@]12C(=O)Nc1cc(Cl)ccc12. The Morgan fingerprint density at radius 1 is 1.10 bits per heavy atom. The van der Waals surface area contributed by atoms with Crippen molar-refractivity contribution in [3.05, 3.63) is 86.8 Å². The van der Waals surface area contributed by atoms with Crippen LogP contribution in [-0.4, -0.2) is 35.5 Å². The predicted octanol–water partition coefficient (Wildman–Crippen LogP) is 5.40. The molecule has 40 heavy (non-hydrogen) atoms. The van der Waals surface area contributed by atoms with E-state index < -0.39 is 40.7 Å². The number of amides is 2. The molecule has 1 saturated heterocycles. The molecular weight excluding hydrogens is 560 g/mol. The van der Waals surface area contributed by atoms with Crippen molar-refractivity contribution < 1.29 is 28.2 Å². The number of hydrogen-bond donors (Lipinski definition) is 2. The van der Waals surface area contributed by atoms with Gasteiger partial charge in [0, 0.05) is 34.8 Å². The first-order chi connectivity index (χ1) is 18.9. The Labute approximate surface area is 240 Å². The number of nitrogens with zero attached hydrogens (tertiary/aromatic N) is 1. The van der Waals surface area contributed by atoms with Gasteiger partial charge in [0.05, 0.1) is 18.2 Å². The molecule has 2 aliphatic heterocycles. The minimum atomic E-state index is -1.49. The number of carbonyl (C=O) groups is 3. The number of aryl methyl sites for hydroxylation is 1. The first kappa shape index (κ1) is 27.9. The van der Waals surface area contributed by atoms with Gasteiger partial charge in [-0.3, -0.25) is 9.59 Å². The van der Waals surface area contributed by atoms with Crippen LogP contribution < -0.4 is 15.4 Å². The van der Waals surface area contributed by atoms with E-state index >= 15 is 0 Å². The van der Waals surface area contributed by atoms with Gasteiger partial charge >= 0.3 is 5.97 Å². The van der Waals surface area contributed by atoms with E-state index in [0.29, 0.717) is 33.0 Å². The van der Waals surface area contributed by atoms with Crippen molar-refractivity contribution in [3.63, 3.8) is 0 Å². The van der Waals surface area contributed by atoms with Gasteiger partial charge in [0.15, 0.2) is 0 Å². The van der Waals surface area contributed by atoms with Crippen LogP contribution in [0.4, 0.5) is 10.1 Å². The molecule has 1 fully saturated rings. The van der Waals surface area contributed by atoms with E-state index in [2.05, 4.69) is 15.6 Å². The molecule has 8 nitrogen and oxygen atoms in total. The molecule has 0 unspecified atom stereocenters. The summed E-state index contributed by atoms with van der Waals surface area (Å²) in [6.45, 7) is 4.81. The summed E-state index contributed by atoms with van der Waals surface area (Å²) in [7, 11) is 1.24. The van der Waals surface area contributed by atoms with Crippen LogP contribution in [0.15, 0.2) is 48.7 Å². The number of carbonyl (C=O) groups excluding carboxylic acids is 3. The Hall–Kier alpha value is -3.69. The average Bonchev–Trinajstić information content (AvgIpc) is 3.18. The van der Waals surface area contributed by atoms with Crippen LogP contribution in [0.5, 0.6) is 5.88 Å². The van der Waals surface area contributed by atoms with Crippen LogP contribution in [0, 0.1) is 12.7 Å². The van der Waals surface area contributed by atoms with Crippen molar-refractivity contribution in [2.24, 2.45) is 0 Å². The highest BCUT2D eigenvalue weighted by Gasteiger charge is 2.62. The molecule has 3 heterocycles. The second-order valence-electron chi connectivity index (χ2n) is 10.4. The Bertz CT molecular complexity index is 1560. The van der Waals surface area contributed by atoms with Crippen LogP contribution in [0.3, 0.4) is 0 Å². The summed E-state index contributed by atoms with van der Waals surface area (Å²) in [6, 6.07) is 9.81. The Morgan fingerprint density at radius 2 is 1.85 bits per heavy atom. The van der Waals surface area contributed by atoms with E-state index in [-0.39, 0.29) is 23.2 Å². The maximum absolute atomic E-state index is 14.6. The Balaban J connectivity index is 1.81. The van der Waals surface area contributed by atoms with Gasteiger partial charge in [-0.2, -0.15) is 0 Å². The molecule has 0 saturated carbocycles. The summed E-state index contributed by atoms with van der Waals surface area (Å²) in [5.74, 6) is -2.87. The van der Waals surface area contributed by atoms with Crippen molar-refractivity contribution >= 4 is 46.7 Å². The third kappa shape index (κ3) is 4.47. The topological polar surface area (TPSA) is 107 Å². The summed E-state index contributed by atoms with van der Waals surface area (Å²) in [4.78, 5) is 44.4. The lowest BCUT2D eigenvalue weighted by Crippen LogP contribution is -2.57. The largest absolute Gasteiger partial charge is 0.466 e. The van der Waals surface area contributed by atoms with Crippen LogP contribution >= 0.6 is 23.2 Å². The fourth-order valence-electron chi connectivity index (χ4n) is 5.75. The highest BCUT2D eigenvalue weighted by molar-refractivity contribution is 6.31. The molecule has 1 aromatic heterocycles. The molecular formula is C29H26Cl2FN3O5. The lowest BCUT2D eigenvalue weighted by molar-refractivity contribution is -0.156. The molecule has 2 aliphatic rings. The number of esters is 1. The van der Waals surface area contributed by atoms with Gasteiger partial charge in [-0.25, -0.2) is 14.2 Å². The second-order valence-corrected chi connectivity index (χ2v) is 11.3. The first-order valence-corrected chi connectivity index (χ1v) is 13.2. The number of anilines is 1. The molecule has 208 valence electrons. The van der Waals surface area contributed by atoms with Gasteiger partial charge in [-0.1, -0.05) is 35.3 Å². The summed E-state index contributed by atoms with van der Waals surface area (Å²) < 4.78 is 25.6. The smallest absolute Gasteiger partial charge is 0.349 e. The number of pyridine rings is 1. The third-order valence-electron chi connectivity index (χ3n) is 7.55. The quantitative estimate of drug-likeness (QED) is 0.388.